The van der Waals surface area contributed by atoms with Gasteiger partial charge in [-0.15, -0.1) is 0 Å². The van der Waals surface area contributed by atoms with Gasteiger partial charge in [0.25, 0.3) is 0 Å². The van der Waals surface area contributed by atoms with Gasteiger partial charge in [0.1, 0.15) is 6.10 Å². The molecule has 0 radical (unpaired) electrons. The molecule has 1 N–H and O–H groups in total. The maximum Gasteiger partial charge on any atom is 0.215 e. The lowest BCUT2D eigenvalue weighted by atomic mass is 10.4. The molecule has 52 valence electrons. The van der Waals surface area contributed by atoms with Gasteiger partial charge in [0.2, 0.25) is 6.29 Å². The van der Waals surface area contributed by atoms with Crippen molar-refractivity contribution >= 4 is 6.29 Å². The van der Waals surface area contributed by atoms with E-state index in [0.717, 1.165) is 0 Å². The van der Waals surface area contributed by atoms with Crippen LogP contribution < -0.4 is 0 Å². The number of carbonyl (C=O) groups is 1. The molecule has 2 unspecified atom stereocenters. The van der Waals surface area contributed by atoms with Crippen molar-refractivity contribution in [1.82, 2.24) is 0 Å². The molecule has 0 spiro atoms. The van der Waals surface area contributed by atoms with Crippen molar-refractivity contribution in [1.29, 1.82) is 0 Å². The van der Waals surface area contributed by atoms with Gasteiger partial charge in [-0.3, -0.25) is 4.79 Å². The van der Waals surface area contributed by atoms with Crippen LogP contribution in [0.5, 0.6) is 0 Å². The number of hydrogen-bond donors (Lipinski definition) is 1. The first-order valence-electron chi connectivity index (χ1n) is 2.70. The fourth-order valence-corrected chi connectivity index (χ4v) is 0.638. The van der Waals surface area contributed by atoms with E-state index in [1.807, 2.05) is 0 Å². The molecule has 0 saturated carbocycles. The Morgan fingerprint density at radius 2 is 2.56 bits per heavy atom. The second-order valence-corrected chi connectivity index (χ2v) is 1.78. The molecule has 0 amide bonds. The number of aldehydes is 1. The summed E-state index contributed by atoms with van der Waals surface area (Å²) in [5.74, 6) is 0. The fraction of sp³-hybridized carbons (Fsp3) is 0.800. The predicted octanol–water partition coefficient (Wildman–Crippen LogP) is -1.08. The minimum Gasteiger partial charge on any atom is -0.394 e. The molecule has 1 saturated heterocycles. The highest BCUT2D eigenvalue weighted by atomic mass is 16.7. The first-order valence-corrected chi connectivity index (χ1v) is 2.70. The van der Waals surface area contributed by atoms with Crippen LogP contribution in [0, 0.1) is 0 Å². The first-order chi connectivity index (χ1) is 4.36. The van der Waals surface area contributed by atoms with Gasteiger partial charge in [0, 0.05) is 0 Å². The van der Waals surface area contributed by atoms with E-state index in [2.05, 4.69) is 0 Å². The Kier molecular flexibility index (Phi) is 2.16. The highest BCUT2D eigenvalue weighted by molar-refractivity contribution is 5.54. The van der Waals surface area contributed by atoms with E-state index >= 15 is 0 Å². The number of rotatable bonds is 2. The van der Waals surface area contributed by atoms with Gasteiger partial charge in [0.05, 0.1) is 13.2 Å². The van der Waals surface area contributed by atoms with Gasteiger partial charge in [-0.1, -0.05) is 0 Å². The molecule has 0 aromatic heterocycles. The molecule has 0 aromatic carbocycles. The molecular weight excluding hydrogens is 124 g/mol. The zero-order valence-corrected chi connectivity index (χ0v) is 4.82. The van der Waals surface area contributed by atoms with Crippen molar-refractivity contribution in [3.8, 4) is 0 Å². The summed E-state index contributed by atoms with van der Waals surface area (Å²) in [5.41, 5.74) is 0. The second kappa shape index (κ2) is 2.91. The first kappa shape index (κ1) is 6.67. The molecule has 1 aliphatic rings. The molecule has 1 aliphatic heterocycles. The lowest BCUT2D eigenvalue weighted by Gasteiger charge is -2.00. The lowest BCUT2D eigenvalue weighted by Crippen LogP contribution is -2.16. The SMILES string of the molecule is O=CC1OCC(CO)O1. The third-order valence-corrected chi connectivity index (χ3v) is 1.09. The average molecular weight is 132 g/mol. The molecule has 1 fully saturated rings. The van der Waals surface area contributed by atoms with Crippen LogP contribution >= 0.6 is 0 Å². The smallest absolute Gasteiger partial charge is 0.215 e. The van der Waals surface area contributed by atoms with Gasteiger partial charge >= 0.3 is 0 Å². The van der Waals surface area contributed by atoms with Crippen LogP contribution in [-0.4, -0.2) is 37.0 Å². The monoisotopic (exact) mass is 132 g/mol. The van der Waals surface area contributed by atoms with E-state index in [0.29, 0.717) is 12.9 Å². The lowest BCUT2D eigenvalue weighted by molar-refractivity contribution is -0.133. The van der Waals surface area contributed by atoms with Crippen LogP contribution in [0.25, 0.3) is 0 Å². The number of carbonyl (C=O) groups excluding carboxylic acids is 1. The Hall–Kier alpha value is -0.450. The van der Waals surface area contributed by atoms with Crippen molar-refractivity contribution in [2.45, 2.75) is 12.4 Å². The van der Waals surface area contributed by atoms with E-state index in [1.54, 1.807) is 0 Å². The van der Waals surface area contributed by atoms with E-state index in [1.165, 1.54) is 0 Å². The van der Waals surface area contributed by atoms with Gasteiger partial charge < -0.3 is 14.6 Å². The third-order valence-electron chi connectivity index (χ3n) is 1.09. The molecule has 0 aliphatic carbocycles. The highest BCUT2D eigenvalue weighted by Crippen LogP contribution is 2.07. The Labute approximate surface area is 52.4 Å². The van der Waals surface area contributed by atoms with Crippen molar-refractivity contribution in [2.24, 2.45) is 0 Å². The summed E-state index contributed by atoms with van der Waals surface area (Å²) in [6.45, 7) is 0.213. The van der Waals surface area contributed by atoms with Crippen LogP contribution in [0.15, 0.2) is 0 Å². The van der Waals surface area contributed by atoms with E-state index in [4.69, 9.17) is 14.6 Å². The minimum absolute atomic E-state index is 0.0929. The van der Waals surface area contributed by atoms with Crippen LogP contribution in [0.1, 0.15) is 0 Å². The normalized spacial score (nSPS) is 34.8. The van der Waals surface area contributed by atoms with Crippen molar-refractivity contribution < 1.29 is 19.4 Å². The van der Waals surface area contributed by atoms with E-state index < -0.39 is 6.29 Å². The fourth-order valence-electron chi connectivity index (χ4n) is 0.638. The third kappa shape index (κ3) is 1.48. The summed E-state index contributed by atoms with van der Waals surface area (Å²) in [6, 6.07) is 0. The summed E-state index contributed by atoms with van der Waals surface area (Å²) in [6.07, 6.45) is -0.516. The molecule has 0 bridgehead atoms. The molecule has 1 heterocycles. The largest absolute Gasteiger partial charge is 0.394 e. The Morgan fingerprint density at radius 1 is 1.78 bits per heavy atom. The molecule has 0 aromatic rings. The van der Waals surface area contributed by atoms with Crippen LogP contribution in [0.4, 0.5) is 0 Å². The van der Waals surface area contributed by atoms with Crippen LogP contribution in [0.2, 0.25) is 0 Å². The molecule has 9 heavy (non-hydrogen) atoms. The minimum atomic E-state index is -0.762. The number of ether oxygens (including phenoxy) is 2. The zero-order valence-electron chi connectivity index (χ0n) is 4.82. The van der Waals surface area contributed by atoms with Crippen LogP contribution in [0.3, 0.4) is 0 Å². The quantitative estimate of drug-likeness (QED) is 0.485. The number of hydrogen-bond acceptors (Lipinski definition) is 4. The molecule has 4 heteroatoms. The highest BCUT2D eigenvalue weighted by Gasteiger charge is 2.24. The number of aliphatic hydroxyl groups is 1. The van der Waals surface area contributed by atoms with E-state index in [9.17, 15) is 4.79 Å². The van der Waals surface area contributed by atoms with Gasteiger partial charge in [-0.05, 0) is 0 Å². The van der Waals surface area contributed by atoms with Gasteiger partial charge in [-0.25, -0.2) is 0 Å². The van der Waals surface area contributed by atoms with Gasteiger partial charge in [-0.2, -0.15) is 0 Å². The molecule has 2 atom stereocenters. The topological polar surface area (TPSA) is 55.8 Å². The summed E-state index contributed by atoms with van der Waals surface area (Å²) < 4.78 is 9.57. The Bertz CT molecular complexity index is 103. The van der Waals surface area contributed by atoms with Crippen molar-refractivity contribution in [2.75, 3.05) is 13.2 Å². The maximum atomic E-state index is 9.94. The summed E-state index contributed by atoms with van der Waals surface area (Å²) in [5, 5.41) is 8.46. The standard InChI is InChI=1S/C5H8O4/c6-1-4-3-8-5(2-7)9-4/h2,4-6H,1,3H2. The molecular formula is C5H8O4. The number of aliphatic hydroxyl groups excluding tert-OH is 1. The zero-order chi connectivity index (χ0) is 6.69. The van der Waals surface area contributed by atoms with Crippen LogP contribution in [-0.2, 0) is 14.3 Å². The Morgan fingerprint density at radius 3 is 2.89 bits per heavy atom. The van der Waals surface area contributed by atoms with Gasteiger partial charge in [0.15, 0.2) is 6.29 Å². The molecule has 4 nitrogen and oxygen atoms in total. The maximum absolute atomic E-state index is 9.94. The van der Waals surface area contributed by atoms with E-state index in [-0.39, 0.29) is 12.7 Å². The summed E-state index contributed by atoms with van der Waals surface area (Å²) in [4.78, 5) is 9.94. The summed E-state index contributed by atoms with van der Waals surface area (Å²) >= 11 is 0. The second-order valence-electron chi connectivity index (χ2n) is 1.78. The van der Waals surface area contributed by atoms with Crippen molar-refractivity contribution in [3.63, 3.8) is 0 Å². The van der Waals surface area contributed by atoms with Crippen molar-refractivity contribution in [3.05, 3.63) is 0 Å². The summed E-state index contributed by atoms with van der Waals surface area (Å²) in [7, 11) is 0. The Balaban J connectivity index is 2.28. The average Bonchev–Trinajstić information content (AvgIpc) is 2.34. The predicted molar refractivity (Wildman–Crippen MR) is 27.8 cm³/mol. The molecule has 1 rings (SSSR count).